The van der Waals surface area contributed by atoms with Gasteiger partial charge in [-0.25, -0.2) is 4.39 Å². The average molecular weight is 328 g/mol. The van der Waals surface area contributed by atoms with Crippen molar-refractivity contribution >= 4 is 11.8 Å². The molecule has 1 N–H and O–H groups in total. The molecule has 4 nitrogen and oxygen atoms in total. The molecule has 0 spiro atoms. The molecule has 0 aliphatic rings. The van der Waals surface area contributed by atoms with E-state index in [0.717, 1.165) is 5.56 Å². The van der Waals surface area contributed by atoms with Crippen molar-refractivity contribution in [1.82, 2.24) is 10.2 Å². The van der Waals surface area contributed by atoms with E-state index in [1.54, 1.807) is 26.1 Å². The molecule has 126 valence electrons. The number of amides is 2. The topological polar surface area (TPSA) is 49.4 Å². The fraction of sp³-hybridized carbons (Fsp3) is 0.263. The largest absolute Gasteiger partial charge is 0.357 e. The monoisotopic (exact) mass is 328 g/mol. The van der Waals surface area contributed by atoms with Gasteiger partial charge in [-0.1, -0.05) is 42.5 Å². The van der Waals surface area contributed by atoms with Crippen molar-refractivity contribution in [3.05, 3.63) is 71.5 Å². The maximum Gasteiger partial charge on any atom is 0.242 e. The smallest absolute Gasteiger partial charge is 0.242 e. The second-order valence-electron chi connectivity index (χ2n) is 5.60. The zero-order valence-corrected chi connectivity index (χ0v) is 13.8. The van der Waals surface area contributed by atoms with E-state index in [2.05, 4.69) is 5.32 Å². The van der Waals surface area contributed by atoms with Crippen LogP contribution in [0.4, 0.5) is 4.39 Å². The Kier molecular flexibility index (Phi) is 6.07. The summed E-state index contributed by atoms with van der Waals surface area (Å²) in [6.45, 7) is 2.04. The minimum Gasteiger partial charge on any atom is -0.357 e. The van der Waals surface area contributed by atoms with Crippen LogP contribution in [0.2, 0.25) is 0 Å². The maximum absolute atomic E-state index is 13.0. The van der Waals surface area contributed by atoms with Crippen LogP contribution in [0, 0.1) is 5.82 Å². The summed E-state index contributed by atoms with van der Waals surface area (Å²) in [6.07, 6.45) is 0.119. The summed E-state index contributed by atoms with van der Waals surface area (Å²) in [7, 11) is 1.55. The number of nitrogens with one attached hydrogen (secondary N) is 1. The van der Waals surface area contributed by atoms with E-state index in [1.165, 1.54) is 17.0 Å². The molecule has 0 aliphatic heterocycles. The lowest BCUT2D eigenvalue weighted by Crippen LogP contribution is -2.47. The van der Waals surface area contributed by atoms with E-state index in [0.29, 0.717) is 12.1 Å². The molecular formula is C19H21FN2O2. The number of carbonyl (C=O) groups excluding carboxylic acids is 2. The van der Waals surface area contributed by atoms with Crippen LogP contribution in [0.5, 0.6) is 0 Å². The van der Waals surface area contributed by atoms with Gasteiger partial charge in [0.2, 0.25) is 11.8 Å². The number of carbonyl (C=O) groups is 2. The number of hydrogen-bond donors (Lipinski definition) is 1. The Hall–Kier alpha value is -2.69. The van der Waals surface area contributed by atoms with Gasteiger partial charge in [0.1, 0.15) is 11.9 Å². The number of benzene rings is 2. The van der Waals surface area contributed by atoms with Crippen LogP contribution >= 0.6 is 0 Å². The quantitative estimate of drug-likeness (QED) is 0.886. The molecule has 0 fully saturated rings. The first-order valence-corrected chi connectivity index (χ1v) is 7.80. The minimum atomic E-state index is -0.594. The summed E-state index contributed by atoms with van der Waals surface area (Å²) in [6, 6.07) is 14.7. The van der Waals surface area contributed by atoms with Gasteiger partial charge < -0.3 is 10.2 Å². The van der Waals surface area contributed by atoms with E-state index >= 15 is 0 Å². The minimum absolute atomic E-state index is 0.119. The number of likely N-dealkylation sites (N-methyl/N-ethyl adjacent to an activating group) is 1. The van der Waals surface area contributed by atoms with Crippen molar-refractivity contribution in [1.29, 1.82) is 0 Å². The van der Waals surface area contributed by atoms with E-state index in [4.69, 9.17) is 0 Å². The van der Waals surface area contributed by atoms with Gasteiger partial charge >= 0.3 is 0 Å². The highest BCUT2D eigenvalue weighted by molar-refractivity contribution is 5.88. The Morgan fingerprint density at radius 2 is 1.67 bits per heavy atom. The van der Waals surface area contributed by atoms with Gasteiger partial charge in [0.25, 0.3) is 0 Å². The van der Waals surface area contributed by atoms with Gasteiger partial charge in [0, 0.05) is 13.6 Å². The van der Waals surface area contributed by atoms with Crippen molar-refractivity contribution < 1.29 is 14.0 Å². The fourth-order valence-electron chi connectivity index (χ4n) is 2.45. The lowest BCUT2D eigenvalue weighted by molar-refractivity contribution is -0.139. The van der Waals surface area contributed by atoms with E-state index in [1.807, 2.05) is 30.3 Å². The number of hydrogen-bond acceptors (Lipinski definition) is 2. The van der Waals surface area contributed by atoms with E-state index < -0.39 is 6.04 Å². The molecule has 0 saturated heterocycles. The molecule has 2 amide bonds. The molecule has 0 bridgehead atoms. The molecular weight excluding hydrogens is 307 g/mol. The van der Waals surface area contributed by atoms with Crippen LogP contribution < -0.4 is 5.32 Å². The summed E-state index contributed by atoms with van der Waals surface area (Å²) < 4.78 is 13.0. The third-order valence-corrected chi connectivity index (χ3v) is 3.88. The Morgan fingerprint density at radius 3 is 2.25 bits per heavy atom. The summed E-state index contributed by atoms with van der Waals surface area (Å²) >= 11 is 0. The lowest BCUT2D eigenvalue weighted by atomic mass is 10.1. The Balaban J connectivity index is 2.18. The Bertz CT molecular complexity index is 686. The first-order chi connectivity index (χ1) is 11.5. The van der Waals surface area contributed by atoms with Crippen molar-refractivity contribution in [3.63, 3.8) is 0 Å². The average Bonchev–Trinajstić information content (AvgIpc) is 2.61. The molecule has 0 aliphatic carbocycles. The van der Waals surface area contributed by atoms with E-state index in [-0.39, 0.29) is 24.1 Å². The fourth-order valence-corrected chi connectivity index (χ4v) is 2.45. The van der Waals surface area contributed by atoms with Gasteiger partial charge in [0.15, 0.2) is 0 Å². The van der Waals surface area contributed by atoms with Crippen molar-refractivity contribution in [2.45, 2.75) is 25.9 Å². The zero-order chi connectivity index (χ0) is 17.5. The Morgan fingerprint density at radius 1 is 1.04 bits per heavy atom. The standard InChI is InChI=1S/C19H21FN2O2/c1-14(19(24)21-2)22(13-16-6-4-3-5-7-16)18(23)12-15-8-10-17(20)11-9-15/h3-11,14H,12-13H2,1-2H3,(H,21,24)/t14-/m0/s1. The van der Waals surface area contributed by atoms with Crippen LogP contribution in [-0.2, 0) is 22.6 Å². The molecule has 0 radical (unpaired) electrons. The highest BCUT2D eigenvalue weighted by Gasteiger charge is 2.25. The maximum atomic E-state index is 13.0. The molecule has 24 heavy (non-hydrogen) atoms. The number of nitrogens with zero attached hydrogens (tertiary/aromatic N) is 1. The molecule has 0 unspecified atom stereocenters. The Labute approximate surface area is 141 Å². The molecule has 2 aromatic carbocycles. The zero-order valence-electron chi connectivity index (χ0n) is 13.8. The summed E-state index contributed by atoms with van der Waals surface area (Å²) in [5, 5.41) is 2.57. The molecule has 0 saturated carbocycles. The highest BCUT2D eigenvalue weighted by atomic mass is 19.1. The van der Waals surface area contributed by atoms with Crippen molar-refractivity contribution in [3.8, 4) is 0 Å². The lowest BCUT2D eigenvalue weighted by Gasteiger charge is -2.28. The summed E-state index contributed by atoms with van der Waals surface area (Å²) in [5.74, 6) is -0.744. The van der Waals surface area contributed by atoms with Gasteiger partial charge in [-0.2, -0.15) is 0 Å². The third kappa shape index (κ3) is 4.65. The van der Waals surface area contributed by atoms with Crippen molar-refractivity contribution in [2.75, 3.05) is 7.05 Å². The van der Waals surface area contributed by atoms with Crippen LogP contribution in [0.25, 0.3) is 0 Å². The second kappa shape index (κ2) is 8.24. The third-order valence-electron chi connectivity index (χ3n) is 3.88. The predicted molar refractivity (Wildman–Crippen MR) is 90.6 cm³/mol. The molecule has 2 aromatic rings. The van der Waals surface area contributed by atoms with Crippen LogP contribution in [0.15, 0.2) is 54.6 Å². The van der Waals surface area contributed by atoms with E-state index in [9.17, 15) is 14.0 Å². The molecule has 0 heterocycles. The SMILES string of the molecule is CNC(=O)[C@H](C)N(Cc1ccccc1)C(=O)Cc1ccc(F)cc1. The normalized spacial score (nSPS) is 11.6. The highest BCUT2D eigenvalue weighted by Crippen LogP contribution is 2.12. The molecule has 1 atom stereocenters. The van der Waals surface area contributed by atoms with Gasteiger partial charge in [-0.3, -0.25) is 9.59 Å². The first kappa shape index (κ1) is 17.7. The first-order valence-electron chi connectivity index (χ1n) is 7.80. The summed E-state index contributed by atoms with van der Waals surface area (Å²) in [5.41, 5.74) is 1.66. The summed E-state index contributed by atoms with van der Waals surface area (Å²) in [4.78, 5) is 26.2. The number of halogens is 1. The number of rotatable bonds is 6. The van der Waals surface area contributed by atoms with Crippen LogP contribution in [0.3, 0.4) is 0 Å². The molecule has 0 aromatic heterocycles. The molecule has 5 heteroatoms. The van der Waals surface area contributed by atoms with Gasteiger partial charge in [0.05, 0.1) is 6.42 Å². The van der Waals surface area contributed by atoms with Gasteiger partial charge in [-0.15, -0.1) is 0 Å². The second-order valence-corrected chi connectivity index (χ2v) is 5.60. The van der Waals surface area contributed by atoms with Crippen LogP contribution in [-0.4, -0.2) is 29.8 Å². The predicted octanol–water partition coefficient (Wildman–Crippen LogP) is 2.53. The van der Waals surface area contributed by atoms with Crippen LogP contribution in [0.1, 0.15) is 18.1 Å². The molecule has 2 rings (SSSR count). The van der Waals surface area contributed by atoms with Gasteiger partial charge in [-0.05, 0) is 30.2 Å². The van der Waals surface area contributed by atoms with Crippen molar-refractivity contribution in [2.24, 2.45) is 0 Å².